The van der Waals surface area contributed by atoms with Crippen molar-refractivity contribution in [3.8, 4) is 0 Å². The van der Waals surface area contributed by atoms with E-state index in [1.165, 1.54) is 0 Å². The summed E-state index contributed by atoms with van der Waals surface area (Å²) in [5.41, 5.74) is 0.788. The van der Waals surface area contributed by atoms with Crippen LogP contribution in [0.2, 0.25) is 0 Å². The van der Waals surface area contributed by atoms with Crippen molar-refractivity contribution in [1.82, 2.24) is 14.7 Å². The van der Waals surface area contributed by atoms with Crippen LogP contribution >= 0.6 is 0 Å². The summed E-state index contributed by atoms with van der Waals surface area (Å²) < 4.78 is 0. The maximum atomic E-state index is 12.4. The summed E-state index contributed by atoms with van der Waals surface area (Å²) in [4.78, 5) is 53.7. The Morgan fingerprint density at radius 3 is 1.92 bits per heavy atom. The Kier molecular flexibility index (Phi) is 5.06. The monoisotopic (exact) mass is 357 g/mol. The SMILES string of the molecule is CC(C)C(=O)N1CCN(C(=O)CCN2C(=O)c3ccccc3C2=O)CC1. The minimum absolute atomic E-state index is 0.0499. The van der Waals surface area contributed by atoms with Crippen LogP contribution in [0, 0.1) is 5.92 Å². The molecule has 1 fully saturated rings. The van der Waals surface area contributed by atoms with Gasteiger partial charge in [0.05, 0.1) is 11.1 Å². The number of benzene rings is 1. The lowest BCUT2D eigenvalue weighted by Gasteiger charge is -2.35. The highest BCUT2D eigenvalue weighted by molar-refractivity contribution is 6.21. The van der Waals surface area contributed by atoms with E-state index >= 15 is 0 Å². The van der Waals surface area contributed by atoms with Gasteiger partial charge in [-0.15, -0.1) is 0 Å². The molecule has 1 saturated heterocycles. The number of rotatable bonds is 4. The molecule has 2 aliphatic rings. The number of carbonyl (C=O) groups excluding carboxylic acids is 4. The molecule has 0 bridgehead atoms. The molecule has 0 aliphatic carbocycles. The lowest BCUT2D eigenvalue weighted by Crippen LogP contribution is -2.52. The number of nitrogens with zero attached hydrogens (tertiary/aromatic N) is 3. The first-order chi connectivity index (χ1) is 12.4. The summed E-state index contributed by atoms with van der Waals surface area (Å²) in [6.07, 6.45) is 0.101. The molecule has 0 aromatic heterocycles. The fourth-order valence-electron chi connectivity index (χ4n) is 3.35. The van der Waals surface area contributed by atoms with Crippen molar-refractivity contribution >= 4 is 23.6 Å². The highest BCUT2D eigenvalue weighted by Crippen LogP contribution is 2.22. The van der Waals surface area contributed by atoms with Gasteiger partial charge in [-0.1, -0.05) is 26.0 Å². The van der Waals surface area contributed by atoms with Gasteiger partial charge in [-0.2, -0.15) is 0 Å². The zero-order valence-corrected chi connectivity index (χ0v) is 15.1. The zero-order valence-electron chi connectivity index (χ0n) is 15.1. The Morgan fingerprint density at radius 2 is 1.42 bits per heavy atom. The zero-order chi connectivity index (χ0) is 18.8. The lowest BCUT2D eigenvalue weighted by molar-refractivity contribution is -0.141. The normalized spacial score (nSPS) is 17.1. The number of hydrogen-bond donors (Lipinski definition) is 0. The maximum absolute atomic E-state index is 12.4. The molecule has 0 unspecified atom stereocenters. The van der Waals surface area contributed by atoms with Crippen LogP contribution in [0.3, 0.4) is 0 Å². The van der Waals surface area contributed by atoms with Crippen LogP contribution in [0.1, 0.15) is 41.0 Å². The van der Waals surface area contributed by atoms with Gasteiger partial charge in [-0.25, -0.2) is 0 Å². The van der Waals surface area contributed by atoms with E-state index in [0.717, 1.165) is 4.90 Å². The Bertz CT molecular complexity index is 716. The Morgan fingerprint density at radius 1 is 0.923 bits per heavy atom. The fourth-order valence-corrected chi connectivity index (χ4v) is 3.35. The number of amides is 4. The average Bonchev–Trinajstić information content (AvgIpc) is 2.90. The van der Waals surface area contributed by atoms with Gasteiger partial charge in [-0.05, 0) is 12.1 Å². The Labute approximate surface area is 152 Å². The molecular weight excluding hydrogens is 334 g/mol. The molecule has 0 radical (unpaired) electrons. The molecule has 138 valence electrons. The smallest absolute Gasteiger partial charge is 0.261 e. The van der Waals surface area contributed by atoms with Crippen molar-refractivity contribution in [2.24, 2.45) is 5.92 Å². The predicted molar refractivity (Wildman–Crippen MR) is 94.4 cm³/mol. The maximum Gasteiger partial charge on any atom is 0.261 e. The second-order valence-corrected chi connectivity index (χ2v) is 6.92. The van der Waals surface area contributed by atoms with Crippen molar-refractivity contribution < 1.29 is 19.2 Å². The quantitative estimate of drug-likeness (QED) is 0.753. The Hall–Kier alpha value is -2.70. The largest absolute Gasteiger partial charge is 0.339 e. The molecule has 2 aliphatic heterocycles. The summed E-state index contributed by atoms with van der Waals surface area (Å²) in [6, 6.07) is 6.69. The molecule has 0 atom stereocenters. The van der Waals surface area contributed by atoms with Crippen LogP contribution in [0.4, 0.5) is 0 Å². The van der Waals surface area contributed by atoms with E-state index in [2.05, 4.69) is 0 Å². The molecule has 1 aromatic carbocycles. The second kappa shape index (κ2) is 7.27. The van der Waals surface area contributed by atoms with E-state index in [1.807, 2.05) is 13.8 Å². The first-order valence-corrected chi connectivity index (χ1v) is 8.92. The van der Waals surface area contributed by atoms with Gasteiger partial charge < -0.3 is 9.80 Å². The molecule has 1 aromatic rings. The number of piperazine rings is 1. The van der Waals surface area contributed by atoms with E-state index in [9.17, 15) is 19.2 Å². The van der Waals surface area contributed by atoms with E-state index in [1.54, 1.807) is 34.1 Å². The van der Waals surface area contributed by atoms with Crippen LogP contribution in [-0.4, -0.2) is 71.1 Å². The number of carbonyl (C=O) groups is 4. The first-order valence-electron chi connectivity index (χ1n) is 8.92. The van der Waals surface area contributed by atoms with Gasteiger partial charge in [0.1, 0.15) is 0 Å². The molecule has 0 N–H and O–H groups in total. The molecular formula is C19H23N3O4. The average molecular weight is 357 g/mol. The topological polar surface area (TPSA) is 78.0 Å². The summed E-state index contributed by atoms with van der Waals surface area (Å²) >= 11 is 0. The van der Waals surface area contributed by atoms with Gasteiger partial charge in [-0.3, -0.25) is 24.1 Å². The predicted octanol–water partition coefficient (Wildman–Crippen LogP) is 0.999. The summed E-state index contributed by atoms with van der Waals surface area (Å²) in [5, 5.41) is 0. The van der Waals surface area contributed by atoms with Crippen molar-refractivity contribution in [2.75, 3.05) is 32.7 Å². The molecule has 0 saturated carbocycles. The Balaban J connectivity index is 1.52. The van der Waals surface area contributed by atoms with Crippen LogP contribution in [0.5, 0.6) is 0 Å². The molecule has 0 spiro atoms. The van der Waals surface area contributed by atoms with E-state index in [-0.39, 0.29) is 42.5 Å². The van der Waals surface area contributed by atoms with Crippen molar-refractivity contribution in [3.63, 3.8) is 0 Å². The number of fused-ring (bicyclic) bond motifs is 1. The molecule has 26 heavy (non-hydrogen) atoms. The molecule has 3 rings (SSSR count). The van der Waals surface area contributed by atoms with Crippen LogP contribution in [0.15, 0.2) is 24.3 Å². The number of hydrogen-bond acceptors (Lipinski definition) is 4. The molecule has 7 heteroatoms. The van der Waals surface area contributed by atoms with Crippen molar-refractivity contribution in [2.45, 2.75) is 20.3 Å². The summed E-state index contributed by atoms with van der Waals surface area (Å²) in [7, 11) is 0. The fraction of sp³-hybridized carbons (Fsp3) is 0.474. The minimum atomic E-state index is -0.342. The minimum Gasteiger partial charge on any atom is -0.339 e. The van der Waals surface area contributed by atoms with Crippen LogP contribution in [0.25, 0.3) is 0 Å². The second-order valence-electron chi connectivity index (χ2n) is 6.92. The van der Waals surface area contributed by atoms with Crippen molar-refractivity contribution in [1.29, 1.82) is 0 Å². The first kappa shape index (κ1) is 18.1. The van der Waals surface area contributed by atoms with Crippen LogP contribution < -0.4 is 0 Å². The highest BCUT2D eigenvalue weighted by atomic mass is 16.2. The van der Waals surface area contributed by atoms with E-state index in [4.69, 9.17) is 0 Å². The molecule has 7 nitrogen and oxygen atoms in total. The third-order valence-electron chi connectivity index (χ3n) is 4.87. The van der Waals surface area contributed by atoms with Gasteiger partial charge in [0, 0.05) is 45.1 Å². The lowest BCUT2D eigenvalue weighted by atomic mass is 10.1. The van der Waals surface area contributed by atoms with Gasteiger partial charge >= 0.3 is 0 Å². The van der Waals surface area contributed by atoms with Crippen molar-refractivity contribution in [3.05, 3.63) is 35.4 Å². The van der Waals surface area contributed by atoms with E-state index < -0.39 is 0 Å². The van der Waals surface area contributed by atoms with E-state index in [0.29, 0.717) is 37.3 Å². The highest BCUT2D eigenvalue weighted by Gasteiger charge is 2.35. The third kappa shape index (κ3) is 3.34. The molecule has 4 amide bonds. The summed E-state index contributed by atoms with van der Waals surface area (Å²) in [6.45, 7) is 5.82. The van der Waals surface area contributed by atoms with Gasteiger partial charge in [0.25, 0.3) is 11.8 Å². The van der Waals surface area contributed by atoms with Crippen LogP contribution in [-0.2, 0) is 9.59 Å². The van der Waals surface area contributed by atoms with Gasteiger partial charge in [0.2, 0.25) is 11.8 Å². The third-order valence-corrected chi connectivity index (χ3v) is 4.87. The van der Waals surface area contributed by atoms with Gasteiger partial charge in [0.15, 0.2) is 0 Å². The summed E-state index contributed by atoms with van der Waals surface area (Å²) in [5.74, 6) is -0.733. The number of imide groups is 1. The standard InChI is InChI=1S/C19H23N3O4/c1-13(2)17(24)21-11-9-20(10-12-21)16(23)7-8-22-18(25)14-5-3-4-6-15(14)19(22)26/h3-6,13H,7-12H2,1-2H3. The molecule has 2 heterocycles.